The van der Waals surface area contributed by atoms with Gasteiger partial charge in [0, 0.05) is 30.8 Å². The summed E-state index contributed by atoms with van der Waals surface area (Å²) >= 11 is 1.91. The van der Waals surface area contributed by atoms with Crippen molar-refractivity contribution < 1.29 is 9.13 Å². The van der Waals surface area contributed by atoms with E-state index in [-0.39, 0.29) is 29.7 Å². The lowest BCUT2D eigenvalue weighted by Gasteiger charge is -2.27. The van der Waals surface area contributed by atoms with Crippen LogP contribution >= 0.6 is 35.7 Å². The highest BCUT2D eigenvalue weighted by Gasteiger charge is 2.12. The van der Waals surface area contributed by atoms with Crippen LogP contribution in [0.3, 0.4) is 0 Å². The third-order valence-electron chi connectivity index (χ3n) is 3.62. The molecule has 0 atom stereocenters. The van der Waals surface area contributed by atoms with Crippen LogP contribution in [0.2, 0.25) is 0 Å². The Balaban J connectivity index is 0.00000225. The third kappa shape index (κ3) is 5.74. The minimum absolute atomic E-state index is 0. The van der Waals surface area contributed by atoms with E-state index in [1.54, 1.807) is 30.5 Å². The summed E-state index contributed by atoms with van der Waals surface area (Å²) in [6.45, 7) is 2.16. The lowest BCUT2D eigenvalue weighted by atomic mass is 10.2. The van der Waals surface area contributed by atoms with Crippen LogP contribution < -0.4 is 10.5 Å². The average Bonchev–Trinajstić information content (AvgIpc) is 2.63. The first-order valence-electron chi connectivity index (χ1n) is 7.71. The second kappa shape index (κ2) is 9.81. The summed E-state index contributed by atoms with van der Waals surface area (Å²) in [4.78, 5) is 10.4. The van der Waals surface area contributed by atoms with Crippen molar-refractivity contribution >= 4 is 41.7 Å². The number of aliphatic imine (C=N–C) groups is 1. The highest BCUT2D eigenvalue weighted by Crippen LogP contribution is 2.24. The van der Waals surface area contributed by atoms with Gasteiger partial charge in [0.25, 0.3) is 0 Å². The standard InChI is InChI=1S/C17H19FN4OS.HI/c18-15-10-13(11-21-17(19)22-6-8-24-9-7-22)3-4-16(15)23-14-2-1-5-20-12-14;/h1-5,10,12H,6-9,11H2,(H2,19,21);1H. The molecule has 1 aliphatic heterocycles. The molecule has 0 aliphatic carbocycles. The van der Waals surface area contributed by atoms with Crippen molar-refractivity contribution in [3.05, 3.63) is 54.1 Å². The fourth-order valence-electron chi connectivity index (χ4n) is 2.32. The lowest BCUT2D eigenvalue weighted by molar-refractivity contribution is 0.440. The van der Waals surface area contributed by atoms with Crippen molar-refractivity contribution in [3.63, 3.8) is 0 Å². The van der Waals surface area contributed by atoms with E-state index in [1.807, 2.05) is 11.8 Å². The number of hydrogen-bond donors (Lipinski definition) is 1. The zero-order chi connectivity index (χ0) is 16.8. The van der Waals surface area contributed by atoms with Gasteiger partial charge in [-0.2, -0.15) is 11.8 Å². The van der Waals surface area contributed by atoms with E-state index in [1.165, 1.54) is 12.3 Å². The fourth-order valence-corrected chi connectivity index (χ4v) is 3.23. The molecule has 2 N–H and O–H groups in total. The largest absolute Gasteiger partial charge is 0.453 e. The third-order valence-corrected chi connectivity index (χ3v) is 4.56. The van der Waals surface area contributed by atoms with E-state index >= 15 is 0 Å². The molecule has 1 aromatic carbocycles. The Bertz CT molecular complexity index is 711. The minimum Gasteiger partial charge on any atom is -0.453 e. The minimum atomic E-state index is -0.431. The van der Waals surface area contributed by atoms with Crippen LogP contribution in [0, 0.1) is 5.82 Å². The number of ether oxygens (including phenoxy) is 1. The van der Waals surface area contributed by atoms with Crippen molar-refractivity contribution in [2.45, 2.75) is 6.54 Å². The maximum Gasteiger partial charge on any atom is 0.191 e. The predicted octanol–water partition coefficient (Wildman–Crippen LogP) is 3.49. The summed E-state index contributed by atoms with van der Waals surface area (Å²) in [6, 6.07) is 8.27. The topological polar surface area (TPSA) is 63.7 Å². The van der Waals surface area contributed by atoms with E-state index in [0.29, 0.717) is 18.3 Å². The van der Waals surface area contributed by atoms with Crippen molar-refractivity contribution in [3.8, 4) is 11.5 Å². The fraction of sp³-hybridized carbons (Fsp3) is 0.294. The predicted molar refractivity (Wildman–Crippen MR) is 110 cm³/mol. The van der Waals surface area contributed by atoms with Crippen LogP contribution in [0.5, 0.6) is 11.5 Å². The molecular weight excluding hydrogens is 454 g/mol. The highest BCUT2D eigenvalue weighted by atomic mass is 127. The quantitative estimate of drug-likeness (QED) is 0.418. The number of rotatable bonds is 4. The first kappa shape index (κ1) is 19.8. The zero-order valence-electron chi connectivity index (χ0n) is 13.6. The number of nitrogens with zero attached hydrogens (tertiary/aromatic N) is 3. The van der Waals surface area contributed by atoms with Crippen LogP contribution in [0.1, 0.15) is 5.56 Å². The Hall–Kier alpha value is -1.55. The second-order valence-electron chi connectivity index (χ2n) is 5.33. The van der Waals surface area contributed by atoms with Gasteiger partial charge in [0.2, 0.25) is 0 Å². The molecule has 134 valence electrons. The summed E-state index contributed by atoms with van der Waals surface area (Å²) in [6.07, 6.45) is 3.17. The molecule has 25 heavy (non-hydrogen) atoms. The molecule has 2 heterocycles. The highest BCUT2D eigenvalue weighted by molar-refractivity contribution is 14.0. The van der Waals surface area contributed by atoms with Crippen LogP contribution in [-0.4, -0.2) is 40.4 Å². The summed E-state index contributed by atoms with van der Waals surface area (Å²) in [5.74, 6) is 2.87. The van der Waals surface area contributed by atoms with E-state index in [4.69, 9.17) is 10.5 Å². The van der Waals surface area contributed by atoms with Gasteiger partial charge in [-0.3, -0.25) is 4.98 Å². The van der Waals surface area contributed by atoms with E-state index < -0.39 is 5.82 Å². The van der Waals surface area contributed by atoms with Gasteiger partial charge in [-0.25, -0.2) is 9.38 Å². The number of thioether (sulfide) groups is 1. The molecule has 5 nitrogen and oxygen atoms in total. The Morgan fingerprint density at radius 2 is 2.12 bits per heavy atom. The smallest absolute Gasteiger partial charge is 0.191 e. The van der Waals surface area contributed by atoms with E-state index in [9.17, 15) is 4.39 Å². The molecular formula is C17H20FIN4OS. The van der Waals surface area contributed by atoms with E-state index in [2.05, 4.69) is 14.9 Å². The summed E-state index contributed by atoms with van der Waals surface area (Å²) in [5.41, 5.74) is 6.76. The number of pyridine rings is 1. The summed E-state index contributed by atoms with van der Waals surface area (Å²) < 4.78 is 19.7. The van der Waals surface area contributed by atoms with Gasteiger partial charge < -0.3 is 15.4 Å². The molecule has 1 saturated heterocycles. The van der Waals surface area contributed by atoms with Crippen LogP contribution in [0.4, 0.5) is 4.39 Å². The second-order valence-corrected chi connectivity index (χ2v) is 6.55. The number of nitrogens with two attached hydrogens (primary N) is 1. The van der Waals surface area contributed by atoms with Gasteiger partial charge in [0.15, 0.2) is 17.5 Å². The molecule has 0 bridgehead atoms. The molecule has 3 rings (SSSR count). The van der Waals surface area contributed by atoms with Crippen LogP contribution in [0.25, 0.3) is 0 Å². The Kier molecular flexibility index (Phi) is 7.76. The number of hydrogen-bond acceptors (Lipinski definition) is 4. The Morgan fingerprint density at radius 1 is 1.32 bits per heavy atom. The molecule has 1 aromatic heterocycles. The summed E-state index contributed by atoms with van der Waals surface area (Å²) in [7, 11) is 0. The molecule has 0 radical (unpaired) electrons. The van der Waals surface area contributed by atoms with Gasteiger partial charge in [0.1, 0.15) is 5.75 Å². The van der Waals surface area contributed by atoms with Crippen molar-refractivity contribution in [1.29, 1.82) is 0 Å². The van der Waals surface area contributed by atoms with E-state index in [0.717, 1.165) is 30.2 Å². The van der Waals surface area contributed by atoms with Crippen molar-refractivity contribution in [2.24, 2.45) is 10.7 Å². The molecule has 1 fully saturated rings. The normalized spacial score (nSPS) is 14.8. The number of guanidine groups is 1. The SMILES string of the molecule is I.NC(=NCc1ccc(Oc2cccnc2)c(F)c1)N1CCSCC1. The first-order valence-corrected chi connectivity index (χ1v) is 8.87. The molecule has 8 heteroatoms. The average molecular weight is 474 g/mol. The number of aromatic nitrogens is 1. The van der Waals surface area contributed by atoms with Gasteiger partial charge >= 0.3 is 0 Å². The maximum atomic E-state index is 14.2. The molecule has 0 unspecified atom stereocenters. The monoisotopic (exact) mass is 474 g/mol. The Labute approximate surface area is 167 Å². The zero-order valence-corrected chi connectivity index (χ0v) is 16.7. The maximum absolute atomic E-state index is 14.2. The molecule has 0 amide bonds. The molecule has 0 spiro atoms. The number of halogens is 2. The lowest BCUT2D eigenvalue weighted by Crippen LogP contribution is -2.42. The van der Waals surface area contributed by atoms with Crippen LogP contribution in [0.15, 0.2) is 47.7 Å². The van der Waals surface area contributed by atoms with Gasteiger partial charge in [0.05, 0.1) is 12.7 Å². The molecule has 1 aliphatic rings. The van der Waals surface area contributed by atoms with Crippen molar-refractivity contribution in [2.75, 3.05) is 24.6 Å². The summed E-state index contributed by atoms with van der Waals surface area (Å²) in [5, 5.41) is 0. The molecule has 0 saturated carbocycles. The van der Waals surface area contributed by atoms with Gasteiger partial charge in [-0.15, -0.1) is 24.0 Å². The first-order chi connectivity index (χ1) is 11.7. The molecule has 2 aromatic rings. The van der Waals surface area contributed by atoms with Gasteiger partial charge in [-0.1, -0.05) is 6.07 Å². The Morgan fingerprint density at radius 3 is 2.80 bits per heavy atom. The van der Waals surface area contributed by atoms with Crippen molar-refractivity contribution in [1.82, 2.24) is 9.88 Å². The van der Waals surface area contributed by atoms with Gasteiger partial charge in [-0.05, 0) is 29.8 Å². The van der Waals surface area contributed by atoms with Crippen LogP contribution in [-0.2, 0) is 6.54 Å². The number of benzene rings is 1.